The van der Waals surface area contributed by atoms with Crippen molar-refractivity contribution in [3.63, 3.8) is 0 Å². The number of benzene rings is 2. The predicted octanol–water partition coefficient (Wildman–Crippen LogP) is 2.23. The molecule has 1 unspecified atom stereocenters. The van der Waals surface area contributed by atoms with Crippen LogP contribution in [0.25, 0.3) is 0 Å². The molecule has 1 aliphatic rings. The van der Waals surface area contributed by atoms with Crippen molar-refractivity contribution in [3.05, 3.63) is 53.6 Å². The van der Waals surface area contributed by atoms with Crippen LogP contribution in [0.5, 0.6) is 11.5 Å². The van der Waals surface area contributed by atoms with Gasteiger partial charge in [-0.15, -0.1) is 0 Å². The molecule has 1 atom stereocenters. The minimum Gasteiger partial charge on any atom is -0.485 e. The van der Waals surface area contributed by atoms with Gasteiger partial charge >= 0.3 is 0 Å². The highest BCUT2D eigenvalue weighted by Gasteiger charge is 2.27. The van der Waals surface area contributed by atoms with Crippen LogP contribution in [0.2, 0.25) is 5.02 Å². The summed E-state index contributed by atoms with van der Waals surface area (Å²) in [4.78, 5) is 23.9. The molecule has 0 aromatic heterocycles. The second-order valence-electron chi connectivity index (χ2n) is 5.14. The lowest BCUT2D eigenvalue weighted by atomic mass is 10.2. The van der Waals surface area contributed by atoms with Gasteiger partial charge in [0, 0.05) is 10.7 Å². The number of anilines is 1. The molecular formula is C17H15ClN2O4. The third kappa shape index (κ3) is 3.97. The number of amides is 2. The lowest BCUT2D eigenvalue weighted by molar-refractivity contribution is -0.131. The number of hydrogen-bond donors (Lipinski definition) is 2. The lowest BCUT2D eigenvalue weighted by Gasteiger charge is -2.25. The van der Waals surface area contributed by atoms with Crippen LogP contribution in [0.15, 0.2) is 48.5 Å². The van der Waals surface area contributed by atoms with Gasteiger partial charge in [-0.2, -0.15) is 0 Å². The first kappa shape index (κ1) is 16.1. The van der Waals surface area contributed by atoms with Gasteiger partial charge in [-0.25, -0.2) is 0 Å². The molecule has 0 bridgehead atoms. The average molecular weight is 347 g/mol. The Bertz CT molecular complexity index is 749. The molecule has 1 aliphatic heterocycles. The summed E-state index contributed by atoms with van der Waals surface area (Å²) in [5.74, 6) is 0.357. The average Bonchev–Trinajstić information content (AvgIpc) is 2.61. The van der Waals surface area contributed by atoms with E-state index in [1.54, 1.807) is 42.5 Å². The van der Waals surface area contributed by atoms with Gasteiger partial charge in [0.2, 0.25) is 12.0 Å². The first-order valence-electron chi connectivity index (χ1n) is 7.33. The highest BCUT2D eigenvalue weighted by atomic mass is 35.5. The van der Waals surface area contributed by atoms with E-state index in [4.69, 9.17) is 21.1 Å². The zero-order chi connectivity index (χ0) is 16.9. The van der Waals surface area contributed by atoms with E-state index in [0.29, 0.717) is 22.2 Å². The maximum absolute atomic E-state index is 12.1. The fourth-order valence-electron chi connectivity index (χ4n) is 2.17. The lowest BCUT2D eigenvalue weighted by Crippen LogP contribution is -2.46. The zero-order valence-electron chi connectivity index (χ0n) is 12.6. The van der Waals surface area contributed by atoms with Gasteiger partial charge in [-0.3, -0.25) is 9.59 Å². The Morgan fingerprint density at radius 3 is 2.54 bits per heavy atom. The Hall–Kier alpha value is -2.73. The van der Waals surface area contributed by atoms with Crippen LogP contribution in [0, 0.1) is 0 Å². The van der Waals surface area contributed by atoms with Crippen molar-refractivity contribution in [3.8, 4) is 11.5 Å². The van der Waals surface area contributed by atoms with Crippen LogP contribution in [-0.2, 0) is 9.59 Å². The van der Waals surface area contributed by atoms with E-state index in [1.165, 1.54) is 0 Å². The normalized spacial score (nSPS) is 15.5. The highest BCUT2D eigenvalue weighted by Crippen LogP contribution is 2.30. The second-order valence-corrected chi connectivity index (χ2v) is 5.57. The number of carbonyl (C=O) groups excluding carboxylic acids is 2. The van der Waals surface area contributed by atoms with E-state index < -0.39 is 12.0 Å². The summed E-state index contributed by atoms with van der Waals surface area (Å²) in [6.07, 6.45) is -0.789. The van der Waals surface area contributed by atoms with Gasteiger partial charge in [-0.05, 0) is 36.4 Å². The van der Waals surface area contributed by atoms with Crippen molar-refractivity contribution in [2.45, 2.75) is 6.10 Å². The summed E-state index contributed by atoms with van der Waals surface area (Å²) in [6, 6.07) is 13.8. The SMILES string of the molecule is O=C(CNC(=O)C1COc2ccccc2O1)Nc1ccc(Cl)cc1. The number of para-hydroxylation sites is 2. The Labute approximate surface area is 143 Å². The second kappa shape index (κ2) is 7.23. The molecule has 2 N–H and O–H groups in total. The Morgan fingerprint density at radius 1 is 1.08 bits per heavy atom. The molecule has 2 amide bonds. The summed E-state index contributed by atoms with van der Waals surface area (Å²) < 4.78 is 11.0. The molecule has 2 aromatic carbocycles. The number of carbonyl (C=O) groups is 2. The van der Waals surface area contributed by atoms with Crippen molar-refractivity contribution < 1.29 is 19.1 Å². The number of rotatable bonds is 4. The Morgan fingerprint density at radius 2 is 1.79 bits per heavy atom. The number of nitrogens with one attached hydrogen (secondary N) is 2. The van der Waals surface area contributed by atoms with E-state index in [2.05, 4.69) is 10.6 Å². The summed E-state index contributed by atoms with van der Waals surface area (Å²) in [7, 11) is 0. The standard InChI is InChI=1S/C17H15ClN2O4/c18-11-5-7-12(8-6-11)20-16(21)9-19-17(22)15-10-23-13-3-1-2-4-14(13)24-15/h1-8,15H,9-10H2,(H,19,22)(H,20,21). The highest BCUT2D eigenvalue weighted by molar-refractivity contribution is 6.30. The van der Waals surface area contributed by atoms with Crippen molar-refractivity contribution >= 4 is 29.1 Å². The molecular weight excluding hydrogens is 332 g/mol. The topological polar surface area (TPSA) is 76.7 Å². The van der Waals surface area contributed by atoms with Gasteiger partial charge in [0.15, 0.2) is 11.5 Å². The summed E-state index contributed by atoms with van der Waals surface area (Å²) in [5.41, 5.74) is 0.602. The smallest absolute Gasteiger partial charge is 0.265 e. The largest absolute Gasteiger partial charge is 0.485 e. The minimum absolute atomic E-state index is 0.0989. The van der Waals surface area contributed by atoms with Crippen LogP contribution in [0.4, 0.5) is 5.69 Å². The van der Waals surface area contributed by atoms with E-state index in [-0.39, 0.29) is 19.1 Å². The number of hydrogen-bond acceptors (Lipinski definition) is 4. The monoisotopic (exact) mass is 346 g/mol. The fourth-order valence-corrected chi connectivity index (χ4v) is 2.29. The predicted molar refractivity (Wildman–Crippen MR) is 89.4 cm³/mol. The quantitative estimate of drug-likeness (QED) is 0.890. The first-order chi connectivity index (χ1) is 11.6. The Balaban J connectivity index is 1.49. The van der Waals surface area contributed by atoms with Crippen molar-refractivity contribution in [2.24, 2.45) is 0 Å². The van der Waals surface area contributed by atoms with Crippen molar-refractivity contribution in [2.75, 3.05) is 18.5 Å². The van der Waals surface area contributed by atoms with E-state index in [0.717, 1.165) is 0 Å². The molecule has 0 radical (unpaired) electrons. The number of fused-ring (bicyclic) bond motifs is 1. The molecule has 7 heteroatoms. The first-order valence-corrected chi connectivity index (χ1v) is 7.71. The van der Waals surface area contributed by atoms with Gasteiger partial charge in [0.25, 0.3) is 5.91 Å². The summed E-state index contributed by atoms with van der Waals surface area (Å²) in [5, 5.41) is 5.77. The molecule has 0 saturated heterocycles. The van der Waals surface area contributed by atoms with Crippen LogP contribution in [0.1, 0.15) is 0 Å². The molecule has 0 spiro atoms. The zero-order valence-corrected chi connectivity index (χ0v) is 13.4. The molecule has 124 valence electrons. The van der Waals surface area contributed by atoms with Crippen LogP contribution >= 0.6 is 11.6 Å². The maximum atomic E-state index is 12.1. The third-order valence-electron chi connectivity index (χ3n) is 3.35. The van der Waals surface area contributed by atoms with Crippen molar-refractivity contribution in [1.82, 2.24) is 5.32 Å². The molecule has 24 heavy (non-hydrogen) atoms. The van der Waals surface area contributed by atoms with E-state index >= 15 is 0 Å². The number of halogens is 1. The van der Waals surface area contributed by atoms with Crippen LogP contribution in [0.3, 0.4) is 0 Å². The van der Waals surface area contributed by atoms with E-state index in [9.17, 15) is 9.59 Å². The van der Waals surface area contributed by atoms with Crippen LogP contribution in [-0.4, -0.2) is 31.1 Å². The maximum Gasteiger partial charge on any atom is 0.265 e. The number of ether oxygens (including phenoxy) is 2. The van der Waals surface area contributed by atoms with Gasteiger partial charge in [0.1, 0.15) is 6.61 Å². The third-order valence-corrected chi connectivity index (χ3v) is 3.60. The molecule has 1 heterocycles. The van der Waals surface area contributed by atoms with Crippen LogP contribution < -0.4 is 20.1 Å². The van der Waals surface area contributed by atoms with E-state index in [1.807, 2.05) is 6.07 Å². The molecule has 3 rings (SSSR count). The molecule has 6 nitrogen and oxygen atoms in total. The van der Waals surface area contributed by atoms with Gasteiger partial charge in [-0.1, -0.05) is 23.7 Å². The van der Waals surface area contributed by atoms with Gasteiger partial charge in [0.05, 0.1) is 6.54 Å². The summed E-state index contributed by atoms with van der Waals surface area (Å²) >= 11 is 5.78. The minimum atomic E-state index is -0.789. The molecule has 0 saturated carbocycles. The summed E-state index contributed by atoms with van der Waals surface area (Å²) in [6.45, 7) is -0.0649. The molecule has 0 fully saturated rings. The molecule has 2 aromatic rings. The fraction of sp³-hybridized carbons (Fsp3) is 0.176. The van der Waals surface area contributed by atoms with Gasteiger partial charge < -0.3 is 20.1 Å². The van der Waals surface area contributed by atoms with Crippen molar-refractivity contribution in [1.29, 1.82) is 0 Å². The Kier molecular flexibility index (Phi) is 4.86. The molecule has 0 aliphatic carbocycles.